The van der Waals surface area contributed by atoms with Gasteiger partial charge in [-0.05, 0) is 64.2 Å². The van der Waals surface area contributed by atoms with Crippen molar-refractivity contribution in [1.82, 2.24) is 19.5 Å². The van der Waals surface area contributed by atoms with E-state index in [-0.39, 0.29) is 17.3 Å². The van der Waals surface area contributed by atoms with Crippen molar-refractivity contribution < 1.29 is 4.42 Å². The summed E-state index contributed by atoms with van der Waals surface area (Å²) in [5, 5.41) is 6.97. The number of furan rings is 1. The first kappa shape index (κ1) is 28.4. The number of hydrogen-bond acceptors (Lipinski definition) is 4. The van der Waals surface area contributed by atoms with Gasteiger partial charge in [-0.15, -0.1) is 0 Å². The second-order valence-corrected chi connectivity index (χ2v) is 14.1. The van der Waals surface area contributed by atoms with Crippen molar-refractivity contribution >= 4 is 54.6 Å². The van der Waals surface area contributed by atoms with E-state index in [4.69, 9.17) is 19.4 Å². The van der Waals surface area contributed by atoms with E-state index < -0.39 is 0 Å². The molecule has 8 rings (SSSR count). The maximum absolute atomic E-state index is 6.71. The molecular weight excluding hydrogens is 564 g/mol. The topological polar surface area (TPSA) is 56.7 Å². The summed E-state index contributed by atoms with van der Waals surface area (Å²) in [5.74, 6) is 1.36. The molecule has 0 saturated carbocycles. The predicted molar refractivity (Wildman–Crippen MR) is 191 cm³/mol. The molecule has 1 atom stereocenters. The molecule has 4 heterocycles. The number of imidazole rings is 1. The summed E-state index contributed by atoms with van der Waals surface area (Å²) in [5.41, 5.74) is 8.75. The lowest BCUT2D eigenvalue weighted by molar-refractivity contribution is 0.334. The molecule has 5 heteroatoms. The Hall–Kier alpha value is -5.03. The van der Waals surface area contributed by atoms with Crippen molar-refractivity contribution in [3.8, 4) is 17.1 Å². The molecule has 0 radical (unpaired) electrons. The SMILES string of the molecule is Cc1cc2nc(-c3cccc4c3oc3nc(C(C)C(C)(C)C)ccc34)n(-c3c(C(C)C)c4ccccc4c4ccccc34)c2cn1. The molecule has 46 heavy (non-hydrogen) atoms. The monoisotopic (exact) mass is 602 g/mol. The Morgan fingerprint density at radius 1 is 0.717 bits per heavy atom. The van der Waals surface area contributed by atoms with Crippen molar-refractivity contribution in [2.45, 2.75) is 60.3 Å². The smallest absolute Gasteiger partial charge is 0.227 e. The maximum Gasteiger partial charge on any atom is 0.227 e. The minimum atomic E-state index is 0.0889. The second kappa shape index (κ2) is 10.2. The normalized spacial score (nSPS) is 13.2. The summed E-state index contributed by atoms with van der Waals surface area (Å²) in [7, 11) is 0. The van der Waals surface area contributed by atoms with Crippen molar-refractivity contribution in [3.63, 3.8) is 0 Å². The number of nitrogens with zero attached hydrogens (tertiary/aromatic N) is 4. The van der Waals surface area contributed by atoms with Gasteiger partial charge < -0.3 is 4.42 Å². The van der Waals surface area contributed by atoms with E-state index in [2.05, 4.69) is 131 Å². The summed E-state index contributed by atoms with van der Waals surface area (Å²) in [6, 6.07) is 30.2. The molecule has 0 aliphatic heterocycles. The number of hydrogen-bond donors (Lipinski definition) is 0. The fraction of sp³-hybridized carbons (Fsp3) is 0.244. The van der Waals surface area contributed by atoms with Gasteiger partial charge in [0.25, 0.3) is 0 Å². The van der Waals surface area contributed by atoms with Crippen LogP contribution >= 0.6 is 0 Å². The van der Waals surface area contributed by atoms with E-state index in [1.54, 1.807) is 0 Å². The molecule has 0 fully saturated rings. The molecule has 0 N–H and O–H groups in total. The zero-order valence-electron chi connectivity index (χ0n) is 27.5. The summed E-state index contributed by atoms with van der Waals surface area (Å²) >= 11 is 0. The average Bonchev–Trinajstić information content (AvgIpc) is 3.60. The first-order valence-corrected chi connectivity index (χ1v) is 16.2. The largest absolute Gasteiger partial charge is 0.437 e. The summed E-state index contributed by atoms with van der Waals surface area (Å²) < 4.78 is 9.04. The van der Waals surface area contributed by atoms with E-state index in [1.165, 1.54) is 27.1 Å². The van der Waals surface area contributed by atoms with Gasteiger partial charge in [-0.3, -0.25) is 9.55 Å². The highest BCUT2D eigenvalue weighted by Gasteiger charge is 2.27. The zero-order chi connectivity index (χ0) is 31.9. The van der Waals surface area contributed by atoms with Crippen LogP contribution in [0.15, 0.2) is 95.5 Å². The number of pyridine rings is 2. The number of fused-ring (bicyclic) bond motifs is 7. The number of rotatable bonds is 4. The quantitative estimate of drug-likeness (QED) is 0.188. The molecule has 0 spiro atoms. The highest BCUT2D eigenvalue weighted by atomic mass is 16.3. The molecule has 1 unspecified atom stereocenters. The van der Waals surface area contributed by atoms with Crippen LogP contribution in [-0.2, 0) is 0 Å². The Morgan fingerprint density at radius 3 is 2.11 bits per heavy atom. The number of aromatic nitrogens is 4. The zero-order valence-corrected chi connectivity index (χ0v) is 27.5. The number of benzene rings is 4. The van der Waals surface area contributed by atoms with Crippen molar-refractivity contribution in [3.05, 3.63) is 108 Å². The molecule has 8 aromatic rings. The predicted octanol–water partition coefficient (Wildman–Crippen LogP) is 11.3. The molecule has 5 nitrogen and oxygen atoms in total. The third kappa shape index (κ3) is 4.25. The van der Waals surface area contributed by atoms with Crippen LogP contribution in [0.3, 0.4) is 0 Å². The van der Waals surface area contributed by atoms with Crippen LogP contribution in [-0.4, -0.2) is 19.5 Å². The molecule has 228 valence electrons. The second-order valence-electron chi connectivity index (χ2n) is 14.1. The lowest BCUT2D eigenvalue weighted by Gasteiger charge is -2.26. The molecule has 0 aliphatic carbocycles. The van der Waals surface area contributed by atoms with Gasteiger partial charge in [-0.25, -0.2) is 9.97 Å². The molecule has 4 aromatic heterocycles. The Labute approximate surface area is 268 Å². The van der Waals surface area contributed by atoms with E-state index in [9.17, 15) is 0 Å². The first-order chi connectivity index (χ1) is 22.1. The summed E-state index contributed by atoms with van der Waals surface area (Å²) in [6.45, 7) is 15.6. The standard InChI is InChI=1S/C41H38N4O/c1-23(2)36-28-15-10-8-13-26(28)27-14-9-11-16-29(27)37(36)45-35-22-42-24(3)21-34(35)43-39(45)32-18-12-17-30-31-19-20-33(25(4)41(5,6)7)44-40(31)46-38(30)32/h8-23,25H,1-7H3. The van der Waals surface area contributed by atoms with Gasteiger partial charge in [0.2, 0.25) is 5.71 Å². The van der Waals surface area contributed by atoms with Gasteiger partial charge >= 0.3 is 0 Å². The van der Waals surface area contributed by atoms with Crippen LogP contribution in [0.2, 0.25) is 0 Å². The minimum Gasteiger partial charge on any atom is -0.437 e. The van der Waals surface area contributed by atoms with E-state index in [1.807, 2.05) is 13.1 Å². The minimum absolute atomic E-state index is 0.0889. The molecule has 4 aromatic carbocycles. The fourth-order valence-electron chi connectivity index (χ4n) is 7.01. The Balaban J connectivity index is 1.49. The Bertz CT molecular complexity index is 2470. The molecule has 0 bridgehead atoms. The van der Waals surface area contributed by atoms with Crippen molar-refractivity contribution in [2.24, 2.45) is 5.41 Å². The van der Waals surface area contributed by atoms with Gasteiger partial charge in [0.05, 0.1) is 28.5 Å². The summed E-state index contributed by atoms with van der Waals surface area (Å²) in [6.07, 6.45) is 1.97. The highest BCUT2D eigenvalue weighted by molar-refractivity contribution is 6.14. The molecular formula is C41H38N4O. The molecule has 0 saturated heterocycles. The van der Waals surface area contributed by atoms with Crippen LogP contribution < -0.4 is 0 Å². The highest BCUT2D eigenvalue weighted by Crippen LogP contribution is 2.44. The third-order valence-corrected chi connectivity index (χ3v) is 9.79. The Morgan fingerprint density at radius 2 is 1.39 bits per heavy atom. The van der Waals surface area contributed by atoms with E-state index in [0.717, 1.165) is 55.9 Å². The number of aryl methyl sites for hydroxylation is 1. The van der Waals surface area contributed by atoms with E-state index in [0.29, 0.717) is 5.71 Å². The summed E-state index contributed by atoms with van der Waals surface area (Å²) in [4.78, 5) is 15.2. The molecule has 0 amide bonds. The third-order valence-electron chi connectivity index (χ3n) is 9.79. The van der Waals surface area contributed by atoms with E-state index >= 15 is 0 Å². The van der Waals surface area contributed by atoms with Gasteiger partial charge in [0.1, 0.15) is 11.4 Å². The first-order valence-electron chi connectivity index (χ1n) is 16.2. The lowest BCUT2D eigenvalue weighted by atomic mass is 9.80. The van der Waals surface area contributed by atoms with Gasteiger partial charge in [-0.1, -0.05) is 102 Å². The van der Waals surface area contributed by atoms with Crippen LogP contribution in [0.4, 0.5) is 0 Å². The van der Waals surface area contributed by atoms with Crippen LogP contribution in [0.25, 0.3) is 71.7 Å². The van der Waals surface area contributed by atoms with Gasteiger partial charge in [0, 0.05) is 33.5 Å². The average molecular weight is 603 g/mol. The van der Waals surface area contributed by atoms with Crippen LogP contribution in [0.1, 0.15) is 70.3 Å². The lowest BCUT2D eigenvalue weighted by Crippen LogP contribution is -2.16. The maximum atomic E-state index is 6.71. The van der Waals surface area contributed by atoms with Gasteiger partial charge in [0.15, 0.2) is 0 Å². The van der Waals surface area contributed by atoms with Crippen LogP contribution in [0, 0.1) is 12.3 Å². The fourth-order valence-corrected chi connectivity index (χ4v) is 7.01. The van der Waals surface area contributed by atoms with Gasteiger partial charge in [-0.2, -0.15) is 0 Å². The van der Waals surface area contributed by atoms with Crippen LogP contribution in [0.5, 0.6) is 0 Å². The van der Waals surface area contributed by atoms with Crippen molar-refractivity contribution in [2.75, 3.05) is 0 Å². The Kier molecular flexibility index (Phi) is 6.34. The molecule has 0 aliphatic rings. The number of para-hydroxylation sites is 1. The van der Waals surface area contributed by atoms with Crippen molar-refractivity contribution in [1.29, 1.82) is 0 Å².